The summed E-state index contributed by atoms with van der Waals surface area (Å²) in [7, 11) is 0. The fourth-order valence-corrected chi connectivity index (χ4v) is 1.87. The SMILES string of the molecule is O=C1CN(C(=O)c2cc(F)c(F)cc2Cl)CC(=O)N1. The molecular formula is C11H7ClF2N2O3. The lowest BCUT2D eigenvalue weighted by Gasteiger charge is -2.25. The van der Waals surface area contributed by atoms with Crippen molar-refractivity contribution in [3.63, 3.8) is 0 Å². The summed E-state index contributed by atoms with van der Waals surface area (Å²) in [5, 5.41) is 1.72. The molecule has 0 atom stereocenters. The van der Waals surface area contributed by atoms with Gasteiger partial charge in [-0.05, 0) is 12.1 Å². The molecule has 19 heavy (non-hydrogen) atoms. The van der Waals surface area contributed by atoms with Gasteiger partial charge in [-0.1, -0.05) is 11.6 Å². The maximum Gasteiger partial charge on any atom is 0.256 e. The summed E-state index contributed by atoms with van der Waals surface area (Å²) in [5.41, 5.74) is -0.303. The molecule has 0 aliphatic carbocycles. The molecule has 1 heterocycles. The van der Waals surface area contributed by atoms with Crippen molar-refractivity contribution in [3.05, 3.63) is 34.4 Å². The number of hydrogen-bond acceptors (Lipinski definition) is 3. The summed E-state index contributed by atoms with van der Waals surface area (Å²) in [6, 6.07) is 1.30. The Hall–Kier alpha value is -2.02. The van der Waals surface area contributed by atoms with Crippen LogP contribution in [0.5, 0.6) is 0 Å². The maximum atomic E-state index is 13.1. The molecule has 1 aliphatic rings. The van der Waals surface area contributed by atoms with Crippen LogP contribution >= 0.6 is 11.6 Å². The van der Waals surface area contributed by atoms with Gasteiger partial charge < -0.3 is 4.90 Å². The van der Waals surface area contributed by atoms with E-state index in [1.54, 1.807) is 0 Å². The zero-order chi connectivity index (χ0) is 14.2. The molecule has 1 aliphatic heterocycles. The monoisotopic (exact) mass is 288 g/mol. The molecule has 1 aromatic rings. The van der Waals surface area contributed by atoms with Crippen molar-refractivity contribution < 1.29 is 23.2 Å². The zero-order valence-electron chi connectivity index (χ0n) is 9.37. The van der Waals surface area contributed by atoms with Crippen LogP contribution < -0.4 is 5.32 Å². The van der Waals surface area contributed by atoms with Crippen molar-refractivity contribution in [3.8, 4) is 0 Å². The van der Waals surface area contributed by atoms with Gasteiger partial charge in [0.05, 0.1) is 10.6 Å². The van der Waals surface area contributed by atoms with Crippen molar-refractivity contribution >= 4 is 29.3 Å². The highest BCUT2D eigenvalue weighted by Gasteiger charge is 2.28. The Bertz CT molecular complexity index is 576. The number of carbonyl (C=O) groups excluding carboxylic acids is 3. The fraction of sp³-hybridized carbons (Fsp3) is 0.182. The lowest BCUT2D eigenvalue weighted by molar-refractivity contribution is -0.135. The molecule has 2 rings (SSSR count). The van der Waals surface area contributed by atoms with Crippen molar-refractivity contribution in [1.29, 1.82) is 0 Å². The fourth-order valence-electron chi connectivity index (χ4n) is 1.64. The van der Waals surface area contributed by atoms with Crippen LogP contribution in [-0.2, 0) is 9.59 Å². The molecule has 0 bridgehead atoms. The molecule has 0 aromatic heterocycles. The first-order valence-electron chi connectivity index (χ1n) is 5.15. The Morgan fingerprint density at radius 1 is 1.16 bits per heavy atom. The van der Waals surface area contributed by atoms with Crippen molar-refractivity contribution in [2.75, 3.05) is 13.1 Å². The van der Waals surface area contributed by atoms with Gasteiger partial charge in [-0.2, -0.15) is 0 Å². The quantitative estimate of drug-likeness (QED) is 0.611. The Morgan fingerprint density at radius 3 is 2.26 bits per heavy atom. The molecule has 1 N–H and O–H groups in total. The second-order valence-electron chi connectivity index (χ2n) is 3.88. The number of carbonyl (C=O) groups is 3. The number of nitrogens with zero attached hydrogens (tertiary/aromatic N) is 1. The average molecular weight is 289 g/mol. The van der Waals surface area contributed by atoms with Gasteiger partial charge in [-0.3, -0.25) is 19.7 Å². The summed E-state index contributed by atoms with van der Waals surface area (Å²) >= 11 is 5.65. The van der Waals surface area contributed by atoms with Crippen LogP contribution in [0.25, 0.3) is 0 Å². The van der Waals surface area contributed by atoms with Gasteiger partial charge >= 0.3 is 0 Å². The van der Waals surface area contributed by atoms with Crippen LogP contribution in [0, 0.1) is 11.6 Å². The first-order chi connectivity index (χ1) is 8.88. The number of hydrogen-bond donors (Lipinski definition) is 1. The molecule has 5 nitrogen and oxygen atoms in total. The Balaban J connectivity index is 2.31. The Morgan fingerprint density at radius 2 is 1.68 bits per heavy atom. The minimum atomic E-state index is -1.24. The van der Waals surface area contributed by atoms with Crippen LogP contribution in [0.3, 0.4) is 0 Å². The molecular weight excluding hydrogens is 282 g/mol. The molecule has 1 saturated heterocycles. The van der Waals surface area contributed by atoms with E-state index in [-0.39, 0.29) is 23.7 Å². The number of benzene rings is 1. The topological polar surface area (TPSA) is 66.5 Å². The molecule has 1 aromatic carbocycles. The Labute approximate surface area is 111 Å². The van der Waals surface area contributed by atoms with Crippen LogP contribution in [0.1, 0.15) is 10.4 Å². The van der Waals surface area contributed by atoms with Gasteiger partial charge in [0.2, 0.25) is 11.8 Å². The Kier molecular flexibility index (Phi) is 3.48. The van der Waals surface area contributed by atoms with E-state index >= 15 is 0 Å². The van der Waals surface area contributed by atoms with E-state index in [1.165, 1.54) is 0 Å². The summed E-state index contributed by atoms with van der Waals surface area (Å²) in [5.74, 6) is -4.53. The molecule has 0 spiro atoms. The molecule has 0 unspecified atom stereocenters. The number of piperazine rings is 1. The standard InChI is InChI=1S/C11H7ClF2N2O3/c12-6-2-8(14)7(13)1-5(6)11(19)16-3-9(17)15-10(18)4-16/h1-2H,3-4H2,(H,15,17,18). The second kappa shape index (κ2) is 4.93. The molecule has 0 radical (unpaired) electrons. The largest absolute Gasteiger partial charge is 0.320 e. The number of halogens is 3. The van der Waals surface area contributed by atoms with Crippen molar-refractivity contribution in [2.24, 2.45) is 0 Å². The summed E-state index contributed by atoms with van der Waals surface area (Å²) in [6.45, 7) is -0.695. The van der Waals surface area contributed by atoms with Gasteiger partial charge in [0, 0.05) is 0 Å². The van der Waals surface area contributed by atoms with E-state index in [4.69, 9.17) is 11.6 Å². The highest BCUT2D eigenvalue weighted by molar-refractivity contribution is 6.34. The van der Waals surface area contributed by atoms with Crippen LogP contribution in [0.4, 0.5) is 8.78 Å². The van der Waals surface area contributed by atoms with E-state index in [0.717, 1.165) is 4.90 Å². The first-order valence-corrected chi connectivity index (χ1v) is 5.53. The summed E-state index contributed by atoms with van der Waals surface area (Å²) < 4.78 is 26.0. The van der Waals surface area contributed by atoms with Gasteiger partial charge in [0.15, 0.2) is 11.6 Å². The third-order valence-electron chi connectivity index (χ3n) is 2.48. The van der Waals surface area contributed by atoms with Gasteiger partial charge in [-0.25, -0.2) is 8.78 Å². The van der Waals surface area contributed by atoms with E-state index in [2.05, 4.69) is 0 Å². The van der Waals surface area contributed by atoms with Crippen molar-refractivity contribution in [1.82, 2.24) is 10.2 Å². The predicted octanol–water partition coefficient (Wildman–Crippen LogP) is 0.717. The highest BCUT2D eigenvalue weighted by atomic mass is 35.5. The van der Waals surface area contributed by atoms with Crippen molar-refractivity contribution in [2.45, 2.75) is 0 Å². The molecule has 0 saturated carbocycles. The predicted molar refractivity (Wildman–Crippen MR) is 60.4 cm³/mol. The average Bonchev–Trinajstić information content (AvgIpc) is 2.31. The van der Waals surface area contributed by atoms with Gasteiger partial charge in [-0.15, -0.1) is 0 Å². The van der Waals surface area contributed by atoms with E-state index in [1.807, 2.05) is 5.32 Å². The van der Waals surface area contributed by atoms with Crippen LogP contribution in [-0.4, -0.2) is 35.7 Å². The molecule has 1 fully saturated rings. The van der Waals surface area contributed by atoms with E-state index < -0.39 is 29.4 Å². The van der Waals surface area contributed by atoms with Crippen LogP contribution in [0.15, 0.2) is 12.1 Å². The molecule has 8 heteroatoms. The zero-order valence-corrected chi connectivity index (χ0v) is 10.1. The third-order valence-corrected chi connectivity index (χ3v) is 2.79. The minimum absolute atomic E-state index is 0.290. The number of rotatable bonds is 1. The van der Waals surface area contributed by atoms with Crippen LogP contribution in [0.2, 0.25) is 5.02 Å². The third kappa shape index (κ3) is 2.70. The summed E-state index contributed by atoms with van der Waals surface area (Å²) in [6.07, 6.45) is 0. The molecule has 100 valence electrons. The van der Waals surface area contributed by atoms with E-state index in [9.17, 15) is 23.2 Å². The number of nitrogens with one attached hydrogen (secondary N) is 1. The lowest BCUT2D eigenvalue weighted by atomic mass is 10.1. The van der Waals surface area contributed by atoms with E-state index in [0.29, 0.717) is 12.1 Å². The number of imide groups is 1. The first kappa shape index (κ1) is 13.4. The second-order valence-corrected chi connectivity index (χ2v) is 4.29. The minimum Gasteiger partial charge on any atom is -0.320 e. The molecule has 3 amide bonds. The number of amides is 3. The van der Waals surface area contributed by atoms with Gasteiger partial charge in [0.25, 0.3) is 5.91 Å². The maximum absolute atomic E-state index is 13.1. The smallest absolute Gasteiger partial charge is 0.256 e. The highest BCUT2D eigenvalue weighted by Crippen LogP contribution is 2.21. The lowest BCUT2D eigenvalue weighted by Crippen LogP contribution is -2.53. The summed E-state index contributed by atoms with van der Waals surface area (Å²) in [4.78, 5) is 35.2. The van der Waals surface area contributed by atoms with Gasteiger partial charge in [0.1, 0.15) is 13.1 Å². The normalized spacial score (nSPS) is 15.4.